The van der Waals surface area contributed by atoms with E-state index in [9.17, 15) is 0 Å². The van der Waals surface area contributed by atoms with Gasteiger partial charge in [-0.25, -0.2) is 4.98 Å². The lowest BCUT2D eigenvalue weighted by Crippen LogP contribution is -2.34. The first-order chi connectivity index (χ1) is 8.03. The molecule has 2 aromatic rings. The molecule has 2 heterocycles. The molecular formula is C12H19N5. The Balaban J connectivity index is 2.27. The summed E-state index contributed by atoms with van der Waals surface area (Å²) in [5.41, 5.74) is 7.82. The van der Waals surface area contributed by atoms with Gasteiger partial charge in [0.15, 0.2) is 0 Å². The van der Waals surface area contributed by atoms with E-state index in [-0.39, 0.29) is 0 Å². The Morgan fingerprint density at radius 3 is 2.82 bits per heavy atom. The number of hydrogen-bond acceptors (Lipinski definition) is 3. The van der Waals surface area contributed by atoms with Gasteiger partial charge in [-0.05, 0) is 13.3 Å². The summed E-state index contributed by atoms with van der Waals surface area (Å²) in [6, 6.07) is 0. The molecule has 0 aliphatic heterocycles. The maximum atomic E-state index is 6.23. The van der Waals surface area contributed by atoms with Gasteiger partial charge in [-0.15, -0.1) is 0 Å². The summed E-state index contributed by atoms with van der Waals surface area (Å²) in [6.45, 7) is 4.12. The Bertz CT molecular complexity index is 494. The quantitative estimate of drug-likeness (QED) is 0.845. The van der Waals surface area contributed by atoms with Gasteiger partial charge < -0.3 is 10.7 Å². The van der Waals surface area contributed by atoms with Gasteiger partial charge >= 0.3 is 0 Å². The van der Waals surface area contributed by atoms with E-state index < -0.39 is 5.54 Å². The predicted octanol–water partition coefficient (Wildman–Crippen LogP) is 1.78. The van der Waals surface area contributed by atoms with Gasteiger partial charge in [-0.3, -0.25) is 4.68 Å². The minimum Gasteiger partial charge on any atom is -0.340 e. The summed E-state index contributed by atoms with van der Waals surface area (Å²) in [4.78, 5) is 7.65. The van der Waals surface area contributed by atoms with E-state index in [1.165, 1.54) is 0 Å². The first-order valence-electron chi connectivity index (χ1n) is 5.86. The summed E-state index contributed by atoms with van der Waals surface area (Å²) >= 11 is 0. The van der Waals surface area contributed by atoms with Crippen molar-refractivity contribution in [3.8, 4) is 11.3 Å². The van der Waals surface area contributed by atoms with Crippen LogP contribution in [-0.4, -0.2) is 19.7 Å². The van der Waals surface area contributed by atoms with Gasteiger partial charge in [-0.1, -0.05) is 13.3 Å². The summed E-state index contributed by atoms with van der Waals surface area (Å²) in [7, 11) is 1.89. The normalized spacial score (nSPS) is 14.8. The second kappa shape index (κ2) is 4.33. The highest BCUT2D eigenvalue weighted by molar-refractivity contribution is 5.56. The highest BCUT2D eigenvalue weighted by Crippen LogP contribution is 2.23. The average Bonchev–Trinajstić information content (AvgIpc) is 2.85. The highest BCUT2D eigenvalue weighted by atomic mass is 15.2. The average molecular weight is 233 g/mol. The molecule has 0 saturated heterocycles. The fourth-order valence-corrected chi connectivity index (χ4v) is 1.96. The molecule has 0 aliphatic carbocycles. The molecule has 0 radical (unpaired) electrons. The maximum Gasteiger partial charge on any atom is 0.126 e. The number of rotatable bonds is 4. The van der Waals surface area contributed by atoms with E-state index in [1.807, 2.05) is 32.6 Å². The molecule has 2 aromatic heterocycles. The molecule has 0 fully saturated rings. The summed E-state index contributed by atoms with van der Waals surface area (Å²) in [5, 5.41) is 4.14. The Morgan fingerprint density at radius 1 is 1.47 bits per heavy atom. The summed E-state index contributed by atoms with van der Waals surface area (Å²) < 4.78 is 1.77. The van der Waals surface area contributed by atoms with Crippen LogP contribution in [0.4, 0.5) is 0 Å². The van der Waals surface area contributed by atoms with Crippen molar-refractivity contribution < 1.29 is 0 Å². The van der Waals surface area contributed by atoms with Crippen molar-refractivity contribution in [1.29, 1.82) is 0 Å². The smallest absolute Gasteiger partial charge is 0.126 e. The first-order valence-corrected chi connectivity index (χ1v) is 5.86. The molecule has 0 amide bonds. The molecule has 1 unspecified atom stereocenters. The van der Waals surface area contributed by atoms with Crippen molar-refractivity contribution in [2.45, 2.75) is 32.2 Å². The van der Waals surface area contributed by atoms with Gasteiger partial charge in [0, 0.05) is 18.8 Å². The fraction of sp³-hybridized carbons (Fsp3) is 0.500. The van der Waals surface area contributed by atoms with E-state index in [0.717, 1.165) is 29.9 Å². The third-order valence-corrected chi connectivity index (χ3v) is 2.90. The molecule has 2 rings (SSSR count). The van der Waals surface area contributed by atoms with Crippen LogP contribution in [0.25, 0.3) is 11.3 Å². The van der Waals surface area contributed by atoms with Crippen molar-refractivity contribution in [3.05, 3.63) is 24.4 Å². The fourth-order valence-electron chi connectivity index (χ4n) is 1.96. The van der Waals surface area contributed by atoms with Gasteiger partial charge in [-0.2, -0.15) is 5.10 Å². The maximum absolute atomic E-state index is 6.23. The molecule has 0 aromatic carbocycles. The topological polar surface area (TPSA) is 72.5 Å². The van der Waals surface area contributed by atoms with Gasteiger partial charge in [0.05, 0.1) is 23.6 Å². The lowest BCUT2D eigenvalue weighted by Gasteiger charge is -2.20. The van der Waals surface area contributed by atoms with Crippen molar-refractivity contribution in [2.24, 2.45) is 12.8 Å². The number of aromatic nitrogens is 4. The number of nitrogens with zero attached hydrogens (tertiary/aromatic N) is 3. The largest absolute Gasteiger partial charge is 0.340 e. The molecule has 5 nitrogen and oxygen atoms in total. The number of imidazole rings is 1. The lowest BCUT2D eigenvalue weighted by atomic mass is 9.97. The minimum atomic E-state index is -0.394. The second-order valence-electron chi connectivity index (χ2n) is 4.72. The van der Waals surface area contributed by atoms with E-state index in [1.54, 1.807) is 4.68 Å². The molecule has 17 heavy (non-hydrogen) atoms. The van der Waals surface area contributed by atoms with Crippen LogP contribution in [0.3, 0.4) is 0 Å². The molecule has 0 bridgehead atoms. The summed E-state index contributed by atoms with van der Waals surface area (Å²) in [5.74, 6) is 0.832. The molecule has 1 atom stereocenters. The van der Waals surface area contributed by atoms with E-state index in [2.05, 4.69) is 22.0 Å². The standard InChI is InChI=1S/C12H19N5/c1-4-5-12(2,13)11-14-7-10(16-11)9-6-15-17(3)8-9/h6-8H,4-5,13H2,1-3H3,(H,14,16). The van der Waals surface area contributed by atoms with Crippen molar-refractivity contribution in [1.82, 2.24) is 19.7 Å². The highest BCUT2D eigenvalue weighted by Gasteiger charge is 2.23. The zero-order valence-corrected chi connectivity index (χ0v) is 10.6. The Hall–Kier alpha value is -1.62. The Labute approximate surface area is 101 Å². The third kappa shape index (κ3) is 2.39. The molecule has 0 saturated carbocycles. The molecule has 0 aliphatic rings. The predicted molar refractivity (Wildman–Crippen MR) is 67.2 cm³/mol. The molecule has 5 heteroatoms. The van der Waals surface area contributed by atoms with Crippen LogP contribution in [0.5, 0.6) is 0 Å². The third-order valence-electron chi connectivity index (χ3n) is 2.90. The molecular weight excluding hydrogens is 214 g/mol. The van der Waals surface area contributed by atoms with E-state index in [0.29, 0.717) is 0 Å². The van der Waals surface area contributed by atoms with Crippen LogP contribution < -0.4 is 5.73 Å². The number of H-pyrrole nitrogens is 1. The SMILES string of the molecule is CCCC(C)(N)c1ncc(-c2cnn(C)c2)[nH]1. The minimum absolute atomic E-state index is 0.394. The zero-order valence-electron chi connectivity index (χ0n) is 10.6. The molecule has 0 spiro atoms. The Morgan fingerprint density at radius 2 is 2.24 bits per heavy atom. The summed E-state index contributed by atoms with van der Waals surface area (Å²) in [6.07, 6.45) is 7.52. The van der Waals surface area contributed by atoms with Crippen LogP contribution in [-0.2, 0) is 12.6 Å². The van der Waals surface area contributed by atoms with Crippen LogP contribution in [0.1, 0.15) is 32.5 Å². The van der Waals surface area contributed by atoms with E-state index >= 15 is 0 Å². The van der Waals surface area contributed by atoms with Crippen molar-refractivity contribution in [2.75, 3.05) is 0 Å². The van der Waals surface area contributed by atoms with Crippen molar-refractivity contribution >= 4 is 0 Å². The van der Waals surface area contributed by atoms with E-state index in [4.69, 9.17) is 5.73 Å². The van der Waals surface area contributed by atoms with Gasteiger partial charge in [0.25, 0.3) is 0 Å². The number of nitrogens with two attached hydrogens (primary N) is 1. The Kier molecular flexibility index (Phi) is 3.02. The number of aromatic amines is 1. The van der Waals surface area contributed by atoms with Crippen LogP contribution in [0.2, 0.25) is 0 Å². The zero-order chi connectivity index (χ0) is 12.5. The number of aryl methyl sites for hydroxylation is 1. The number of nitrogens with one attached hydrogen (secondary N) is 1. The van der Waals surface area contributed by atoms with Crippen LogP contribution >= 0.6 is 0 Å². The molecule has 92 valence electrons. The van der Waals surface area contributed by atoms with Gasteiger partial charge in [0.2, 0.25) is 0 Å². The number of hydrogen-bond donors (Lipinski definition) is 2. The van der Waals surface area contributed by atoms with Gasteiger partial charge in [0.1, 0.15) is 5.82 Å². The first kappa shape index (κ1) is 11.9. The second-order valence-corrected chi connectivity index (χ2v) is 4.72. The monoisotopic (exact) mass is 233 g/mol. The molecule has 3 N–H and O–H groups in total. The van der Waals surface area contributed by atoms with Crippen LogP contribution in [0, 0.1) is 0 Å². The van der Waals surface area contributed by atoms with Crippen molar-refractivity contribution in [3.63, 3.8) is 0 Å². The lowest BCUT2D eigenvalue weighted by molar-refractivity contribution is 0.423. The van der Waals surface area contributed by atoms with Crippen LogP contribution in [0.15, 0.2) is 18.6 Å².